The Labute approximate surface area is 379 Å². The minimum Gasteiger partial charge on any atom is -0.491 e. The number of ether oxygens (including phenoxy) is 6. The second-order valence-electron chi connectivity index (χ2n) is 15.9. The highest BCUT2D eigenvalue weighted by Crippen LogP contribution is 2.24. The lowest BCUT2D eigenvalue weighted by Gasteiger charge is -2.19. The Bertz CT molecular complexity index is 1300. The van der Waals surface area contributed by atoms with Crippen molar-refractivity contribution in [1.29, 1.82) is 0 Å². The zero-order chi connectivity index (χ0) is 44.8. The summed E-state index contributed by atoms with van der Waals surface area (Å²) in [5, 5.41) is 0. The fourth-order valence-electron chi connectivity index (χ4n) is 6.62. The van der Waals surface area contributed by atoms with Crippen LogP contribution in [0, 0.1) is 0 Å². The van der Waals surface area contributed by atoms with Crippen LogP contribution in [-0.4, -0.2) is 82.8 Å². The molecule has 0 amide bonds. The Morgan fingerprint density at radius 3 is 1.27 bits per heavy atom. The number of hydrogen-bond acceptors (Lipinski definition) is 9. The molecule has 354 valence electrons. The highest BCUT2D eigenvalue weighted by molar-refractivity contribution is 5.69. The fourth-order valence-corrected chi connectivity index (χ4v) is 6.62. The zero-order valence-electron chi connectivity index (χ0n) is 39.9. The molecule has 0 bridgehead atoms. The molecule has 9 heteroatoms. The number of hydrogen-bond donors (Lipinski definition) is 0. The van der Waals surface area contributed by atoms with E-state index in [0.717, 1.165) is 89.4 Å². The summed E-state index contributed by atoms with van der Waals surface area (Å²) in [6.07, 6.45) is 41.9. The number of rotatable bonds is 44. The van der Waals surface area contributed by atoms with Gasteiger partial charge in [-0.15, -0.1) is 0 Å². The average Bonchev–Trinajstić information content (AvgIpc) is 3.27. The van der Waals surface area contributed by atoms with Crippen LogP contribution in [0.2, 0.25) is 0 Å². The zero-order valence-corrected chi connectivity index (χ0v) is 39.9. The molecule has 0 atom stereocenters. The quantitative estimate of drug-likeness (QED) is 0.0361. The van der Waals surface area contributed by atoms with E-state index in [-0.39, 0.29) is 25.2 Å². The minimum absolute atomic E-state index is 0.158. The topological polar surface area (TPSA) is 92.8 Å². The van der Waals surface area contributed by atoms with Crippen molar-refractivity contribution < 1.29 is 38.0 Å². The summed E-state index contributed by atoms with van der Waals surface area (Å²) in [7, 11) is 0. The van der Waals surface area contributed by atoms with Gasteiger partial charge in [0.15, 0.2) is 0 Å². The number of nitrogens with zero attached hydrogens (tertiary/aromatic N) is 1. The smallest absolute Gasteiger partial charge is 0.305 e. The van der Waals surface area contributed by atoms with Crippen LogP contribution in [0.5, 0.6) is 11.5 Å². The van der Waals surface area contributed by atoms with Crippen LogP contribution in [0.1, 0.15) is 175 Å². The van der Waals surface area contributed by atoms with Crippen LogP contribution >= 0.6 is 0 Å². The molecule has 0 heterocycles. The van der Waals surface area contributed by atoms with Crippen molar-refractivity contribution in [2.24, 2.45) is 0 Å². The van der Waals surface area contributed by atoms with Crippen LogP contribution in [-0.2, 0) is 35.1 Å². The Kier molecular flexibility index (Phi) is 40.4. The fraction of sp³-hybridized carbons (Fsp3) is 0.698. The molecule has 0 aliphatic carbocycles. The molecular weight excluding hydrogens is 779 g/mol. The number of carbonyl (C=O) groups excluding carboxylic acids is 2. The molecule has 0 unspecified atom stereocenters. The van der Waals surface area contributed by atoms with Crippen LogP contribution < -0.4 is 9.47 Å². The Morgan fingerprint density at radius 1 is 0.452 bits per heavy atom. The van der Waals surface area contributed by atoms with Gasteiger partial charge in [0.1, 0.15) is 37.9 Å². The maximum Gasteiger partial charge on any atom is 0.305 e. The van der Waals surface area contributed by atoms with Crippen LogP contribution in [0.25, 0.3) is 0 Å². The lowest BCUT2D eigenvalue weighted by Crippen LogP contribution is -2.22. The lowest BCUT2D eigenvalue weighted by atomic mass is 10.1. The van der Waals surface area contributed by atoms with Gasteiger partial charge in [0, 0.05) is 25.5 Å². The molecule has 0 spiro atoms. The summed E-state index contributed by atoms with van der Waals surface area (Å²) < 4.78 is 34.1. The van der Waals surface area contributed by atoms with Crippen molar-refractivity contribution in [3.63, 3.8) is 0 Å². The molecule has 0 fully saturated rings. The van der Waals surface area contributed by atoms with Crippen molar-refractivity contribution >= 4 is 11.9 Å². The normalized spacial score (nSPS) is 11.9. The SMILES string of the molecule is CCCCC/C=C\C/C=C\CCCCCCCC(=O)OCCOCCOc1cc(CN(CC)CC)cc(OCCOCCOC(=O)CCCCC/C=C\C/C=C\CCCCC)c1. The molecule has 9 nitrogen and oxygen atoms in total. The Balaban J connectivity index is 2.17. The van der Waals surface area contributed by atoms with Gasteiger partial charge in [-0.2, -0.15) is 0 Å². The highest BCUT2D eigenvalue weighted by Gasteiger charge is 2.09. The lowest BCUT2D eigenvalue weighted by molar-refractivity contribution is -0.146. The van der Waals surface area contributed by atoms with Gasteiger partial charge in [-0.1, -0.05) is 128 Å². The molecular formula is C53H89NO8. The third kappa shape index (κ3) is 37.2. The van der Waals surface area contributed by atoms with E-state index in [2.05, 4.69) is 81.2 Å². The standard InChI is InChI=1S/C53H89NO8/c1-5-9-11-13-15-17-19-21-22-24-26-28-30-32-34-36-53(56)62-44-40-58-38-42-60-51-46-49(48-54(7-3)8-4)45-50(47-51)59-41-37-57-39-43-61-52(55)35-33-31-29-27-25-23-20-18-16-14-12-10-6-2/h15-18,21-23,25,45-47H,5-14,19-20,24,26-44,48H2,1-4H3/b17-15-,18-16-,22-21-,25-23-. The third-order valence-electron chi connectivity index (χ3n) is 10.4. The average molecular weight is 868 g/mol. The second-order valence-corrected chi connectivity index (χ2v) is 15.9. The maximum absolute atomic E-state index is 12.1. The second kappa shape index (κ2) is 44.2. The molecule has 1 aromatic carbocycles. The summed E-state index contributed by atoms with van der Waals surface area (Å²) >= 11 is 0. The summed E-state index contributed by atoms with van der Waals surface area (Å²) in [6.45, 7) is 14.1. The monoisotopic (exact) mass is 868 g/mol. The summed E-state index contributed by atoms with van der Waals surface area (Å²) in [4.78, 5) is 26.6. The van der Waals surface area contributed by atoms with E-state index in [1.54, 1.807) is 0 Å². The first-order valence-electron chi connectivity index (χ1n) is 24.7. The minimum atomic E-state index is -0.168. The molecule has 0 N–H and O–H groups in total. The van der Waals surface area contributed by atoms with E-state index in [1.165, 1.54) is 64.2 Å². The number of carbonyl (C=O) groups is 2. The Morgan fingerprint density at radius 2 is 0.839 bits per heavy atom. The first-order valence-corrected chi connectivity index (χ1v) is 24.7. The van der Waals surface area contributed by atoms with E-state index < -0.39 is 0 Å². The van der Waals surface area contributed by atoms with E-state index >= 15 is 0 Å². The number of allylic oxidation sites excluding steroid dienone is 8. The first kappa shape index (κ1) is 56.6. The highest BCUT2D eigenvalue weighted by atomic mass is 16.6. The van der Waals surface area contributed by atoms with Gasteiger partial charge in [0.2, 0.25) is 0 Å². The maximum atomic E-state index is 12.1. The summed E-state index contributed by atoms with van der Waals surface area (Å²) in [6, 6.07) is 5.96. The third-order valence-corrected chi connectivity index (χ3v) is 10.4. The predicted molar refractivity (Wildman–Crippen MR) is 257 cm³/mol. The van der Waals surface area contributed by atoms with Crippen LogP contribution in [0.15, 0.2) is 66.8 Å². The van der Waals surface area contributed by atoms with Gasteiger partial charge in [-0.25, -0.2) is 0 Å². The molecule has 0 aliphatic heterocycles. The largest absolute Gasteiger partial charge is 0.491 e. The van der Waals surface area contributed by atoms with Crippen molar-refractivity contribution in [3.05, 3.63) is 72.4 Å². The molecule has 0 aromatic heterocycles. The van der Waals surface area contributed by atoms with Gasteiger partial charge in [0.25, 0.3) is 0 Å². The van der Waals surface area contributed by atoms with Crippen molar-refractivity contribution in [3.8, 4) is 11.5 Å². The van der Waals surface area contributed by atoms with Crippen molar-refractivity contribution in [2.75, 3.05) is 65.9 Å². The van der Waals surface area contributed by atoms with Crippen LogP contribution in [0.3, 0.4) is 0 Å². The molecule has 1 aromatic rings. The molecule has 0 saturated carbocycles. The van der Waals surface area contributed by atoms with Gasteiger partial charge in [0.05, 0.1) is 26.4 Å². The number of esters is 2. The Hall–Kier alpha value is -3.40. The summed E-state index contributed by atoms with van der Waals surface area (Å²) in [5.41, 5.74) is 1.10. The molecule has 1 rings (SSSR count). The van der Waals surface area contributed by atoms with Gasteiger partial charge in [-0.05, 0) is 108 Å². The van der Waals surface area contributed by atoms with E-state index in [1.807, 2.05) is 18.2 Å². The van der Waals surface area contributed by atoms with Gasteiger partial charge in [-0.3, -0.25) is 14.5 Å². The molecule has 0 aliphatic rings. The van der Waals surface area contributed by atoms with Gasteiger partial charge >= 0.3 is 11.9 Å². The number of benzene rings is 1. The molecule has 0 saturated heterocycles. The van der Waals surface area contributed by atoms with Gasteiger partial charge < -0.3 is 28.4 Å². The van der Waals surface area contributed by atoms with Crippen molar-refractivity contribution in [2.45, 2.75) is 175 Å². The molecule has 62 heavy (non-hydrogen) atoms. The van der Waals surface area contributed by atoms with Crippen molar-refractivity contribution in [1.82, 2.24) is 4.90 Å². The van der Waals surface area contributed by atoms with E-state index in [4.69, 9.17) is 28.4 Å². The first-order chi connectivity index (χ1) is 30.5. The number of unbranched alkanes of at least 4 members (excludes halogenated alkanes) is 14. The van der Waals surface area contributed by atoms with E-state index in [9.17, 15) is 9.59 Å². The predicted octanol–water partition coefficient (Wildman–Crippen LogP) is 13.3. The van der Waals surface area contributed by atoms with Crippen LogP contribution in [0.4, 0.5) is 0 Å². The summed E-state index contributed by atoms with van der Waals surface area (Å²) in [5.74, 6) is 1.09. The van der Waals surface area contributed by atoms with E-state index in [0.29, 0.717) is 64.0 Å². The molecule has 0 radical (unpaired) electrons.